The minimum atomic E-state index is -0.685. The lowest BCUT2D eigenvalue weighted by Crippen LogP contribution is -2.35. The number of fused-ring (bicyclic) bond motifs is 1. The summed E-state index contributed by atoms with van der Waals surface area (Å²) < 4.78 is 5.18. The number of anilines is 1. The highest BCUT2D eigenvalue weighted by Crippen LogP contribution is 2.31. The molecule has 0 atom stereocenters. The number of amidine groups is 1. The number of aliphatic imine (C=N–C) groups is 1. The van der Waals surface area contributed by atoms with Gasteiger partial charge in [0, 0.05) is 17.3 Å². The van der Waals surface area contributed by atoms with Gasteiger partial charge in [0.1, 0.15) is 16.4 Å². The second kappa shape index (κ2) is 9.40. The van der Waals surface area contributed by atoms with E-state index in [-0.39, 0.29) is 28.6 Å². The van der Waals surface area contributed by atoms with Gasteiger partial charge in [0.2, 0.25) is 0 Å². The van der Waals surface area contributed by atoms with E-state index < -0.39 is 22.5 Å². The van der Waals surface area contributed by atoms with Crippen molar-refractivity contribution < 1.29 is 19.2 Å². The van der Waals surface area contributed by atoms with Crippen molar-refractivity contribution in [1.29, 1.82) is 0 Å². The van der Waals surface area contributed by atoms with Crippen molar-refractivity contribution >= 4 is 46.4 Å². The third-order valence-corrected chi connectivity index (χ3v) is 4.75. The quantitative estimate of drug-likeness (QED) is 0.403. The summed E-state index contributed by atoms with van der Waals surface area (Å²) in [7, 11) is 0. The number of nitro groups is 1. The number of nitrogens with zero attached hydrogens (tertiary/aromatic N) is 2. The van der Waals surface area contributed by atoms with E-state index in [9.17, 15) is 19.7 Å². The molecule has 10 heteroatoms. The summed E-state index contributed by atoms with van der Waals surface area (Å²) >= 11 is 5.83. The smallest absolute Gasteiger partial charge is 0.343 e. The van der Waals surface area contributed by atoms with Crippen molar-refractivity contribution in [1.82, 2.24) is 5.32 Å². The summed E-state index contributed by atoms with van der Waals surface area (Å²) in [4.78, 5) is 40.6. The molecule has 0 saturated heterocycles. The summed E-state index contributed by atoms with van der Waals surface area (Å²) in [5, 5.41) is 16.8. The van der Waals surface area contributed by atoms with Crippen LogP contribution < -0.4 is 10.6 Å². The minimum absolute atomic E-state index is 0.00875. The average Bonchev–Trinajstić information content (AvgIpc) is 2.90. The number of carbonyl (C=O) groups is 2. The second-order valence-electron chi connectivity index (χ2n) is 6.41. The van der Waals surface area contributed by atoms with Gasteiger partial charge in [-0.15, -0.1) is 0 Å². The van der Waals surface area contributed by atoms with Crippen LogP contribution in [0.5, 0.6) is 0 Å². The normalized spacial score (nSPS) is 12.8. The summed E-state index contributed by atoms with van der Waals surface area (Å²) in [5.41, 5.74) is 1.35. The van der Waals surface area contributed by atoms with Gasteiger partial charge in [0.05, 0.1) is 22.9 Å². The minimum Gasteiger partial charge on any atom is -0.462 e. The summed E-state index contributed by atoms with van der Waals surface area (Å²) in [5.74, 6) is -1.36. The highest BCUT2D eigenvalue weighted by Gasteiger charge is 2.28. The molecule has 160 valence electrons. The summed E-state index contributed by atoms with van der Waals surface area (Å²) in [6, 6.07) is 10.8. The molecule has 0 saturated carbocycles. The Kier molecular flexibility index (Phi) is 6.66. The van der Waals surface area contributed by atoms with E-state index in [0.29, 0.717) is 23.5 Å². The highest BCUT2D eigenvalue weighted by molar-refractivity contribution is 6.33. The zero-order valence-corrected chi connectivity index (χ0v) is 17.5. The van der Waals surface area contributed by atoms with Gasteiger partial charge in [0.15, 0.2) is 0 Å². The SMILES string of the molecule is CCOC(=O)C1=C(CC)Nc2ccccc2N=C1NC(=O)c1ccc(Cl)c([N+](=O)[O-])c1. The fourth-order valence-electron chi connectivity index (χ4n) is 2.97. The molecule has 0 aliphatic carbocycles. The molecule has 1 heterocycles. The van der Waals surface area contributed by atoms with E-state index in [2.05, 4.69) is 15.6 Å². The van der Waals surface area contributed by atoms with Crippen molar-refractivity contribution in [3.05, 3.63) is 74.4 Å². The van der Waals surface area contributed by atoms with Gasteiger partial charge >= 0.3 is 5.97 Å². The number of carbonyl (C=O) groups excluding carboxylic acids is 2. The maximum atomic E-state index is 12.9. The number of nitrogens with one attached hydrogen (secondary N) is 2. The first-order chi connectivity index (χ1) is 14.8. The number of para-hydroxylation sites is 2. The van der Waals surface area contributed by atoms with E-state index in [4.69, 9.17) is 16.3 Å². The Morgan fingerprint density at radius 1 is 1.23 bits per heavy atom. The van der Waals surface area contributed by atoms with E-state index in [1.807, 2.05) is 13.0 Å². The molecule has 31 heavy (non-hydrogen) atoms. The maximum Gasteiger partial charge on any atom is 0.343 e. The lowest BCUT2D eigenvalue weighted by atomic mass is 10.1. The first-order valence-electron chi connectivity index (χ1n) is 9.46. The van der Waals surface area contributed by atoms with Gasteiger partial charge in [-0.2, -0.15) is 0 Å². The number of allylic oxidation sites excluding steroid dienone is 1. The van der Waals surface area contributed by atoms with Crippen molar-refractivity contribution in [3.63, 3.8) is 0 Å². The van der Waals surface area contributed by atoms with Crippen LogP contribution in [-0.4, -0.2) is 29.2 Å². The zero-order valence-electron chi connectivity index (χ0n) is 16.8. The average molecular weight is 443 g/mol. The predicted octanol–water partition coefficient (Wildman–Crippen LogP) is 4.36. The standard InChI is InChI=1S/C21H19ClN4O5/c1-3-14-18(21(28)31-4-2)19(24-16-8-6-5-7-15(16)23-14)25-20(27)12-9-10-13(22)17(11-12)26(29)30/h5-11,23H,3-4H2,1-2H3,(H,24,25,27). The van der Waals surface area contributed by atoms with E-state index >= 15 is 0 Å². The molecule has 2 aromatic carbocycles. The molecule has 9 nitrogen and oxygen atoms in total. The first-order valence-corrected chi connectivity index (χ1v) is 9.84. The van der Waals surface area contributed by atoms with Gasteiger partial charge in [-0.25, -0.2) is 9.79 Å². The highest BCUT2D eigenvalue weighted by atomic mass is 35.5. The molecule has 2 N–H and O–H groups in total. The van der Waals surface area contributed by atoms with Crippen LogP contribution in [0.4, 0.5) is 17.1 Å². The molecule has 0 fully saturated rings. The van der Waals surface area contributed by atoms with E-state index in [0.717, 1.165) is 6.07 Å². The molecule has 1 aliphatic heterocycles. The van der Waals surface area contributed by atoms with E-state index in [1.165, 1.54) is 12.1 Å². The Bertz CT molecular complexity index is 1130. The summed E-state index contributed by atoms with van der Waals surface area (Å²) in [6.07, 6.45) is 0.434. The lowest BCUT2D eigenvalue weighted by Gasteiger charge is -2.15. The van der Waals surface area contributed by atoms with Crippen molar-refractivity contribution in [3.8, 4) is 0 Å². The van der Waals surface area contributed by atoms with Gasteiger partial charge in [0.25, 0.3) is 11.6 Å². The second-order valence-corrected chi connectivity index (χ2v) is 6.81. The van der Waals surface area contributed by atoms with Gasteiger partial charge < -0.3 is 15.4 Å². The molecular weight excluding hydrogens is 424 g/mol. The molecule has 1 aliphatic rings. The topological polar surface area (TPSA) is 123 Å². The monoisotopic (exact) mass is 442 g/mol. The van der Waals surface area contributed by atoms with Gasteiger partial charge in [-0.3, -0.25) is 14.9 Å². The number of amides is 1. The molecule has 0 aromatic heterocycles. The molecule has 1 amide bonds. The Hall–Kier alpha value is -3.72. The van der Waals surface area contributed by atoms with Crippen LogP contribution in [0.25, 0.3) is 0 Å². The van der Waals surface area contributed by atoms with Gasteiger partial charge in [-0.1, -0.05) is 30.7 Å². The Balaban J connectivity index is 2.07. The van der Waals surface area contributed by atoms with Crippen molar-refractivity contribution in [2.75, 3.05) is 11.9 Å². The molecule has 0 spiro atoms. The number of esters is 1. The Morgan fingerprint density at radius 3 is 2.65 bits per heavy atom. The molecule has 3 rings (SSSR count). The van der Waals surface area contributed by atoms with Crippen molar-refractivity contribution in [2.24, 2.45) is 4.99 Å². The molecule has 2 aromatic rings. The first kappa shape index (κ1) is 22.0. The largest absolute Gasteiger partial charge is 0.462 e. The van der Waals surface area contributed by atoms with Crippen LogP contribution in [0.2, 0.25) is 5.02 Å². The number of halogens is 1. The summed E-state index contributed by atoms with van der Waals surface area (Å²) in [6.45, 7) is 3.65. The fourth-order valence-corrected chi connectivity index (χ4v) is 3.16. The third kappa shape index (κ3) is 4.72. The van der Waals surface area contributed by atoms with Crippen LogP contribution in [-0.2, 0) is 9.53 Å². The van der Waals surface area contributed by atoms with Crippen LogP contribution in [0.15, 0.2) is 58.7 Å². The number of hydrogen-bond acceptors (Lipinski definition) is 7. The van der Waals surface area contributed by atoms with Crippen LogP contribution in [0.1, 0.15) is 30.6 Å². The van der Waals surface area contributed by atoms with Crippen LogP contribution >= 0.6 is 11.6 Å². The predicted molar refractivity (Wildman–Crippen MR) is 117 cm³/mol. The Morgan fingerprint density at radius 2 is 1.97 bits per heavy atom. The Labute approximate surface area is 182 Å². The lowest BCUT2D eigenvalue weighted by molar-refractivity contribution is -0.384. The molecular formula is C21H19ClN4O5. The zero-order chi connectivity index (χ0) is 22.5. The molecule has 0 unspecified atom stereocenters. The number of nitro benzene ring substituents is 1. The fraction of sp³-hybridized carbons (Fsp3) is 0.190. The van der Waals surface area contributed by atoms with Crippen LogP contribution in [0, 0.1) is 10.1 Å². The molecule has 0 bridgehead atoms. The number of hydrogen-bond donors (Lipinski definition) is 2. The number of rotatable bonds is 5. The molecule has 0 radical (unpaired) electrons. The van der Waals surface area contributed by atoms with Gasteiger partial charge in [-0.05, 0) is 37.6 Å². The van der Waals surface area contributed by atoms with Crippen molar-refractivity contribution in [2.45, 2.75) is 20.3 Å². The van der Waals surface area contributed by atoms with Crippen LogP contribution in [0.3, 0.4) is 0 Å². The maximum absolute atomic E-state index is 12.9. The van der Waals surface area contributed by atoms with E-state index in [1.54, 1.807) is 25.1 Å². The number of benzene rings is 2. The third-order valence-electron chi connectivity index (χ3n) is 4.43. The number of ether oxygens (including phenoxy) is 1.